The highest BCUT2D eigenvalue weighted by Crippen LogP contribution is 2.37. The van der Waals surface area contributed by atoms with E-state index in [1.807, 2.05) is 18.2 Å². The minimum Gasteiger partial charge on any atom is -0.387 e. The lowest BCUT2D eigenvalue weighted by molar-refractivity contribution is -0.124. The molecule has 5 heteroatoms. The van der Waals surface area contributed by atoms with E-state index in [0.717, 1.165) is 36.2 Å². The Balaban J connectivity index is 1.81. The van der Waals surface area contributed by atoms with Gasteiger partial charge in [0, 0.05) is 28.2 Å². The zero-order valence-corrected chi connectivity index (χ0v) is 12.5. The van der Waals surface area contributed by atoms with E-state index in [2.05, 4.69) is 16.5 Å². The number of aliphatic hydroxyl groups is 1. The van der Waals surface area contributed by atoms with Crippen molar-refractivity contribution in [1.29, 1.82) is 0 Å². The maximum atomic E-state index is 11.3. The molecule has 1 saturated carbocycles. The number of benzene rings is 1. The molecule has 21 heavy (non-hydrogen) atoms. The maximum Gasteiger partial charge on any atom is 0.245 e. The predicted octanol–water partition coefficient (Wildman–Crippen LogP) is 2.96. The second-order valence-corrected chi connectivity index (χ2v) is 6.16. The first kappa shape index (κ1) is 14.4. The quantitative estimate of drug-likeness (QED) is 0.816. The molecule has 3 N–H and O–H groups in total. The van der Waals surface area contributed by atoms with E-state index in [9.17, 15) is 4.79 Å². The highest BCUT2D eigenvalue weighted by atomic mass is 35.5. The number of aliphatic hydroxyl groups excluding tert-OH is 1. The molecule has 2 atom stereocenters. The lowest BCUT2D eigenvalue weighted by atomic mass is 9.81. The average molecular weight is 307 g/mol. The highest BCUT2D eigenvalue weighted by Gasteiger charge is 2.26. The molecule has 1 aliphatic carbocycles. The van der Waals surface area contributed by atoms with Gasteiger partial charge < -0.3 is 15.4 Å². The van der Waals surface area contributed by atoms with E-state index >= 15 is 0 Å². The molecule has 1 heterocycles. The Morgan fingerprint density at radius 2 is 2.29 bits per heavy atom. The van der Waals surface area contributed by atoms with Gasteiger partial charge in [0.15, 0.2) is 0 Å². The summed E-state index contributed by atoms with van der Waals surface area (Å²) < 4.78 is 0. The van der Waals surface area contributed by atoms with Crippen molar-refractivity contribution in [3.63, 3.8) is 0 Å². The van der Waals surface area contributed by atoms with E-state index in [1.165, 1.54) is 10.9 Å². The SMILES string of the molecule is O=C(CO)NC1CCC[C@@H](c2c[nH]c3ccc(Cl)cc23)C1. The van der Waals surface area contributed by atoms with Gasteiger partial charge in [-0.25, -0.2) is 0 Å². The van der Waals surface area contributed by atoms with Gasteiger partial charge in [-0.3, -0.25) is 4.79 Å². The molecule has 3 rings (SSSR count). The summed E-state index contributed by atoms with van der Waals surface area (Å²) in [7, 11) is 0. The lowest BCUT2D eigenvalue weighted by Gasteiger charge is -2.29. The molecule has 1 amide bonds. The second kappa shape index (κ2) is 6.08. The first-order valence-electron chi connectivity index (χ1n) is 7.34. The number of H-pyrrole nitrogens is 1. The fourth-order valence-electron chi connectivity index (χ4n) is 3.33. The van der Waals surface area contributed by atoms with E-state index in [4.69, 9.17) is 16.7 Å². The number of aromatic nitrogens is 1. The number of aromatic amines is 1. The topological polar surface area (TPSA) is 65.1 Å². The fraction of sp³-hybridized carbons (Fsp3) is 0.438. The van der Waals surface area contributed by atoms with Gasteiger partial charge in [0.1, 0.15) is 6.61 Å². The molecular weight excluding hydrogens is 288 g/mol. The van der Waals surface area contributed by atoms with Crippen LogP contribution in [-0.4, -0.2) is 28.6 Å². The maximum absolute atomic E-state index is 11.3. The summed E-state index contributed by atoms with van der Waals surface area (Å²) in [5, 5.41) is 13.7. The van der Waals surface area contributed by atoms with Gasteiger partial charge in [-0.2, -0.15) is 0 Å². The summed E-state index contributed by atoms with van der Waals surface area (Å²) >= 11 is 6.10. The number of carbonyl (C=O) groups is 1. The Bertz CT molecular complexity index is 653. The van der Waals surface area contributed by atoms with Crippen LogP contribution in [0.25, 0.3) is 10.9 Å². The lowest BCUT2D eigenvalue weighted by Crippen LogP contribution is -2.39. The van der Waals surface area contributed by atoms with Crippen molar-refractivity contribution in [2.24, 2.45) is 0 Å². The van der Waals surface area contributed by atoms with E-state index in [1.54, 1.807) is 0 Å². The zero-order chi connectivity index (χ0) is 14.8. The Morgan fingerprint density at radius 1 is 1.43 bits per heavy atom. The Morgan fingerprint density at radius 3 is 3.10 bits per heavy atom. The summed E-state index contributed by atoms with van der Waals surface area (Å²) in [6, 6.07) is 6.02. The number of hydrogen-bond donors (Lipinski definition) is 3. The smallest absolute Gasteiger partial charge is 0.245 e. The summed E-state index contributed by atoms with van der Waals surface area (Å²) in [5.41, 5.74) is 2.37. The summed E-state index contributed by atoms with van der Waals surface area (Å²) in [6.45, 7) is -0.441. The third-order valence-electron chi connectivity index (χ3n) is 4.30. The van der Waals surface area contributed by atoms with Gasteiger partial charge in [0.2, 0.25) is 5.91 Å². The number of rotatable bonds is 3. The molecule has 112 valence electrons. The normalized spacial score (nSPS) is 22.4. The fourth-order valence-corrected chi connectivity index (χ4v) is 3.50. The van der Waals surface area contributed by atoms with Gasteiger partial charge in [-0.15, -0.1) is 0 Å². The van der Waals surface area contributed by atoms with Crippen LogP contribution in [0.3, 0.4) is 0 Å². The van der Waals surface area contributed by atoms with Crippen molar-refractivity contribution in [2.75, 3.05) is 6.61 Å². The first-order valence-corrected chi connectivity index (χ1v) is 7.72. The minimum absolute atomic E-state index is 0.146. The molecule has 0 bridgehead atoms. The standard InChI is InChI=1S/C16H19ClN2O2/c17-11-4-5-15-13(7-11)14(8-18-15)10-2-1-3-12(6-10)19-16(21)9-20/h4-5,7-8,10,12,18,20H,1-3,6,9H2,(H,19,21)/t10-,12?/m1/s1. The van der Waals surface area contributed by atoms with Gasteiger partial charge >= 0.3 is 0 Å². The molecule has 0 spiro atoms. The Kier molecular flexibility index (Phi) is 4.17. The Hall–Kier alpha value is -1.52. The molecule has 1 aliphatic rings. The molecule has 1 aromatic carbocycles. The van der Waals surface area contributed by atoms with E-state index < -0.39 is 6.61 Å². The second-order valence-electron chi connectivity index (χ2n) is 5.72. The van der Waals surface area contributed by atoms with Crippen LogP contribution in [0.5, 0.6) is 0 Å². The number of fused-ring (bicyclic) bond motifs is 1. The number of nitrogens with one attached hydrogen (secondary N) is 2. The van der Waals surface area contributed by atoms with Crippen LogP contribution >= 0.6 is 11.6 Å². The molecule has 0 saturated heterocycles. The van der Waals surface area contributed by atoms with Crippen LogP contribution in [0.2, 0.25) is 5.02 Å². The highest BCUT2D eigenvalue weighted by molar-refractivity contribution is 6.31. The van der Waals surface area contributed by atoms with E-state index in [-0.39, 0.29) is 11.9 Å². The monoisotopic (exact) mass is 306 g/mol. The number of amides is 1. The molecule has 4 nitrogen and oxygen atoms in total. The predicted molar refractivity (Wildman–Crippen MR) is 83.5 cm³/mol. The number of halogens is 1. The van der Waals surface area contributed by atoms with Crippen LogP contribution < -0.4 is 5.32 Å². The molecule has 1 unspecified atom stereocenters. The molecule has 0 aliphatic heterocycles. The van der Waals surface area contributed by atoms with Gasteiger partial charge in [0.05, 0.1) is 0 Å². The van der Waals surface area contributed by atoms with Crippen molar-refractivity contribution < 1.29 is 9.90 Å². The van der Waals surface area contributed by atoms with Crippen LogP contribution in [0.4, 0.5) is 0 Å². The van der Waals surface area contributed by atoms with Gasteiger partial charge in [-0.1, -0.05) is 18.0 Å². The summed E-state index contributed by atoms with van der Waals surface area (Å²) in [6.07, 6.45) is 6.14. The first-order chi connectivity index (χ1) is 10.2. The number of carbonyl (C=O) groups excluding carboxylic acids is 1. The van der Waals surface area contributed by atoms with Crippen molar-refractivity contribution in [1.82, 2.24) is 10.3 Å². The number of hydrogen-bond acceptors (Lipinski definition) is 2. The average Bonchev–Trinajstić information content (AvgIpc) is 2.90. The van der Waals surface area contributed by atoms with Gasteiger partial charge in [-0.05, 0) is 48.9 Å². The molecule has 2 aromatic rings. The van der Waals surface area contributed by atoms with Crippen LogP contribution in [0.15, 0.2) is 24.4 Å². The van der Waals surface area contributed by atoms with Crippen molar-refractivity contribution >= 4 is 28.4 Å². The van der Waals surface area contributed by atoms with Crippen LogP contribution in [-0.2, 0) is 4.79 Å². The van der Waals surface area contributed by atoms with E-state index in [0.29, 0.717) is 5.92 Å². The van der Waals surface area contributed by atoms with Crippen LogP contribution in [0.1, 0.15) is 37.2 Å². The van der Waals surface area contributed by atoms with Crippen molar-refractivity contribution in [2.45, 2.75) is 37.6 Å². The largest absolute Gasteiger partial charge is 0.387 e. The van der Waals surface area contributed by atoms with Gasteiger partial charge in [0.25, 0.3) is 0 Å². The summed E-state index contributed by atoms with van der Waals surface area (Å²) in [5.74, 6) is 0.123. The zero-order valence-electron chi connectivity index (χ0n) is 11.7. The molecule has 1 fully saturated rings. The summed E-state index contributed by atoms with van der Waals surface area (Å²) in [4.78, 5) is 14.6. The third kappa shape index (κ3) is 3.06. The minimum atomic E-state index is -0.441. The third-order valence-corrected chi connectivity index (χ3v) is 4.53. The van der Waals surface area contributed by atoms with Crippen molar-refractivity contribution in [3.05, 3.63) is 35.0 Å². The Labute approximate surface area is 128 Å². The van der Waals surface area contributed by atoms with Crippen molar-refractivity contribution in [3.8, 4) is 0 Å². The molecular formula is C16H19ClN2O2. The molecule has 1 aromatic heterocycles. The molecule has 0 radical (unpaired) electrons. The van der Waals surface area contributed by atoms with Crippen LogP contribution in [0, 0.1) is 0 Å².